The van der Waals surface area contributed by atoms with Gasteiger partial charge in [0.1, 0.15) is 6.17 Å². The van der Waals surface area contributed by atoms with Crippen LogP contribution in [-0.4, -0.2) is 11.1 Å². The number of halogens is 2. The largest absolute Gasteiger partial charge is 0.481 e. The maximum Gasteiger partial charge on any atom is 0.312 e. The molecule has 1 atom stereocenters. The minimum Gasteiger partial charge on any atom is -0.481 e. The third-order valence-electron chi connectivity index (χ3n) is 2.35. The summed E-state index contributed by atoms with van der Waals surface area (Å²) in [6.07, 6.45) is -1.55. The van der Waals surface area contributed by atoms with E-state index in [0.717, 1.165) is 0 Å². The van der Waals surface area contributed by atoms with Crippen molar-refractivity contribution in [2.24, 2.45) is 5.41 Å². The molecule has 0 heterocycles. The smallest absolute Gasteiger partial charge is 0.312 e. The fourth-order valence-electron chi connectivity index (χ4n) is 1.16. The minimum absolute atomic E-state index is 0.326. The first-order valence-corrected chi connectivity index (χ1v) is 4.86. The summed E-state index contributed by atoms with van der Waals surface area (Å²) in [6.45, 7) is 2.71. The molecule has 1 aromatic rings. The van der Waals surface area contributed by atoms with Crippen molar-refractivity contribution in [1.82, 2.24) is 0 Å². The molecule has 0 aliphatic rings. The maximum absolute atomic E-state index is 13.9. The first-order valence-electron chi connectivity index (χ1n) is 4.48. The van der Waals surface area contributed by atoms with Gasteiger partial charge in [-0.1, -0.05) is 23.7 Å². The minimum atomic E-state index is -1.55. The van der Waals surface area contributed by atoms with Crippen molar-refractivity contribution >= 4 is 17.6 Å². The number of aliphatic carboxylic acids is 1. The molecule has 0 saturated heterocycles. The Morgan fingerprint density at radius 1 is 1.40 bits per heavy atom. The molecule has 0 aliphatic heterocycles. The number of rotatable bonds is 3. The van der Waals surface area contributed by atoms with Gasteiger partial charge in [-0.25, -0.2) is 4.39 Å². The second-order valence-corrected chi connectivity index (χ2v) is 4.38. The van der Waals surface area contributed by atoms with Crippen LogP contribution in [0.5, 0.6) is 0 Å². The molecule has 1 unspecified atom stereocenters. The van der Waals surface area contributed by atoms with Gasteiger partial charge < -0.3 is 5.11 Å². The molecule has 4 heteroatoms. The highest BCUT2D eigenvalue weighted by Crippen LogP contribution is 2.37. The lowest BCUT2D eigenvalue weighted by molar-refractivity contribution is -0.150. The zero-order chi connectivity index (χ0) is 11.6. The molecule has 0 aliphatic carbocycles. The molecule has 2 nitrogen and oxygen atoms in total. The maximum atomic E-state index is 13.9. The third-order valence-corrected chi connectivity index (χ3v) is 2.60. The molecular weight excluding hydrogens is 219 g/mol. The lowest BCUT2D eigenvalue weighted by Gasteiger charge is -2.24. The van der Waals surface area contributed by atoms with Gasteiger partial charge in [-0.2, -0.15) is 0 Å². The summed E-state index contributed by atoms with van der Waals surface area (Å²) in [4.78, 5) is 10.8. The van der Waals surface area contributed by atoms with E-state index < -0.39 is 17.6 Å². The highest BCUT2D eigenvalue weighted by Gasteiger charge is 2.38. The summed E-state index contributed by atoms with van der Waals surface area (Å²) >= 11 is 5.65. The van der Waals surface area contributed by atoms with E-state index in [1.165, 1.54) is 26.0 Å². The van der Waals surface area contributed by atoms with Gasteiger partial charge in [0, 0.05) is 5.02 Å². The van der Waals surface area contributed by atoms with Gasteiger partial charge in [-0.3, -0.25) is 4.79 Å². The van der Waals surface area contributed by atoms with E-state index in [2.05, 4.69) is 0 Å². The van der Waals surface area contributed by atoms with Crippen LogP contribution in [0.15, 0.2) is 24.3 Å². The molecule has 0 bridgehead atoms. The predicted molar refractivity (Wildman–Crippen MR) is 56.7 cm³/mol. The molecule has 82 valence electrons. The van der Waals surface area contributed by atoms with Crippen molar-refractivity contribution < 1.29 is 14.3 Å². The Hall–Kier alpha value is -1.09. The zero-order valence-corrected chi connectivity index (χ0v) is 9.25. The van der Waals surface area contributed by atoms with E-state index in [0.29, 0.717) is 10.6 Å². The average molecular weight is 231 g/mol. The van der Waals surface area contributed by atoms with Crippen molar-refractivity contribution in [3.05, 3.63) is 34.9 Å². The molecule has 0 amide bonds. The summed E-state index contributed by atoms with van der Waals surface area (Å²) < 4.78 is 13.9. The predicted octanol–water partition coefficient (Wildman–Crippen LogP) is 3.46. The van der Waals surface area contributed by atoms with Gasteiger partial charge in [0.15, 0.2) is 0 Å². The van der Waals surface area contributed by atoms with E-state index in [1.54, 1.807) is 12.1 Å². The summed E-state index contributed by atoms with van der Waals surface area (Å²) in [5, 5.41) is 9.36. The van der Waals surface area contributed by atoms with Crippen molar-refractivity contribution in [3.8, 4) is 0 Å². The first-order chi connectivity index (χ1) is 6.85. The molecule has 1 N–H and O–H groups in total. The Morgan fingerprint density at radius 3 is 2.27 bits per heavy atom. The molecular formula is C11H12ClFO2. The molecule has 1 aromatic carbocycles. The molecule has 15 heavy (non-hydrogen) atoms. The molecule has 1 rings (SSSR count). The molecule has 0 saturated carbocycles. The number of carboxylic acid groups (broad SMARTS) is 1. The third kappa shape index (κ3) is 2.48. The van der Waals surface area contributed by atoms with Crippen molar-refractivity contribution in [1.29, 1.82) is 0 Å². The Kier molecular flexibility index (Phi) is 3.35. The first kappa shape index (κ1) is 12.0. The SMILES string of the molecule is CC(C)(C(=O)O)C(F)c1ccc(Cl)cc1. The van der Waals surface area contributed by atoms with Crippen LogP contribution in [0.4, 0.5) is 4.39 Å². The van der Waals surface area contributed by atoms with Gasteiger partial charge in [-0.15, -0.1) is 0 Å². The van der Waals surface area contributed by atoms with E-state index in [-0.39, 0.29) is 0 Å². The van der Waals surface area contributed by atoms with Crippen molar-refractivity contribution in [2.75, 3.05) is 0 Å². The summed E-state index contributed by atoms with van der Waals surface area (Å²) in [5.41, 5.74) is -1.11. The Bertz CT molecular complexity index is 359. The number of hydrogen-bond donors (Lipinski definition) is 1. The number of hydrogen-bond acceptors (Lipinski definition) is 1. The monoisotopic (exact) mass is 230 g/mol. The zero-order valence-electron chi connectivity index (χ0n) is 8.50. The van der Waals surface area contributed by atoms with Crippen LogP contribution in [0, 0.1) is 5.41 Å². The Balaban J connectivity index is 2.99. The van der Waals surface area contributed by atoms with Gasteiger partial charge in [0.05, 0.1) is 5.41 Å². The van der Waals surface area contributed by atoms with Gasteiger partial charge >= 0.3 is 5.97 Å². The van der Waals surface area contributed by atoms with Crippen molar-refractivity contribution in [2.45, 2.75) is 20.0 Å². The molecule has 0 aromatic heterocycles. The summed E-state index contributed by atoms with van der Waals surface area (Å²) in [6, 6.07) is 6.08. The second-order valence-electron chi connectivity index (χ2n) is 3.94. The van der Waals surface area contributed by atoms with Gasteiger partial charge in [-0.05, 0) is 31.5 Å². The second kappa shape index (κ2) is 4.19. The number of carboxylic acids is 1. The van der Waals surface area contributed by atoms with E-state index in [1.807, 2.05) is 0 Å². The van der Waals surface area contributed by atoms with E-state index in [4.69, 9.17) is 16.7 Å². The lowest BCUT2D eigenvalue weighted by atomic mass is 9.84. The van der Waals surface area contributed by atoms with Crippen LogP contribution < -0.4 is 0 Å². The molecule has 0 fully saturated rings. The van der Waals surface area contributed by atoms with Crippen LogP contribution >= 0.6 is 11.6 Å². The highest BCUT2D eigenvalue weighted by atomic mass is 35.5. The summed E-state index contributed by atoms with van der Waals surface area (Å²) in [7, 11) is 0. The van der Waals surface area contributed by atoms with Crippen molar-refractivity contribution in [3.63, 3.8) is 0 Å². The average Bonchev–Trinajstić information content (AvgIpc) is 2.17. The fraction of sp³-hybridized carbons (Fsp3) is 0.364. The quantitative estimate of drug-likeness (QED) is 0.864. The van der Waals surface area contributed by atoms with Crippen LogP contribution in [0.25, 0.3) is 0 Å². The highest BCUT2D eigenvalue weighted by molar-refractivity contribution is 6.30. The summed E-state index contributed by atoms with van der Waals surface area (Å²) in [5.74, 6) is -1.16. The standard InChI is InChI=1S/C11H12ClFO2/c1-11(2,10(14)15)9(13)7-3-5-8(12)6-4-7/h3-6,9H,1-2H3,(H,14,15). The van der Waals surface area contributed by atoms with Crippen LogP contribution in [-0.2, 0) is 4.79 Å². The van der Waals surface area contributed by atoms with E-state index >= 15 is 0 Å². The molecule has 0 radical (unpaired) electrons. The number of benzene rings is 1. The fourth-order valence-corrected chi connectivity index (χ4v) is 1.28. The topological polar surface area (TPSA) is 37.3 Å². The number of alkyl halides is 1. The normalized spacial score (nSPS) is 13.6. The number of carbonyl (C=O) groups is 1. The van der Waals surface area contributed by atoms with Crippen LogP contribution in [0.3, 0.4) is 0 Å². The Morgan fingerprint density at radius 2 is 1.87 bits per heavy atom. The lowest BCUT2D eigenvalue weighted by Crippen LogP contribution is -2.29. The van der Waals surface area contributed by atoms with Gasteiger partial charge in [0.25, 0.3) is 0 Å². The van der Waals surface area contributed by atoms with Crippen LogP contribution in [0.2, 0.25) is 5.02 Å². The van der Waals surface area contributed by atoms with Gasteiger partial charge in [0.2, 0.25) is 0 Å². The molecule has 0 spiro atoms. The van der Waals surface area contributed by atoms with E-state index in [9.17, 15) is 9.18 Å². The Labute approximate surface area is 92.7 Å². The van der Waals surface area contributed by atoms with Crippen LogP contribution in [0.1, 0.15) is 25.6 Å².